The summed E-state index contributed by atoms with van der Waals surface area (Å²) < 4.78 is 5.94. The van der Waals surface area contributed by atoms with Crippen LogP contribution in [-0.2, 0) is 54.9 Å². The first kappa shape index (κ1) is 35.4. The van der Waals surface area contributed by atoms with Gasteiger partial charge in [0.25, 0.3) is 11.8 Å². The largest absolute Gasteiger partial charge is 0.492 e. The van der Waals surface area contributed by atoms with Crippen molar-refractivity contribution in [3.63, 3.8) is 0 Å². The number of aliphatic hydroxyl groups is 1. The van der Waals surface area contributed by atoms with Gasteiger partial charge in [-0.2, -0.15) is 0 Å². The number of hydrogen-bond donors (Lipinski definition) is 4. The number of pyridine rings is 2. The van der Waals surface area contributed by atoms with Gasteiger partial charge in [0.05, 0.1) is 35.8 Å². The van der Waals surface area contributed by atoms with Gasteiger partial charge in [0.2, 0.25) is 0 Å². The fraction of sp³-hybridized carbons (Fsp3) is 0.400. The molecule has 2 aromatic heterocycles. The molecule has 1 unspecified atom stereocenters. The Balaban J connectivity index is 0.00000282. The molecule has 2 aliphatic rings. The second kappa shape index (κ2) is 16.9. The monoisotopic (exact) mass is 641 g/mol. The average Bonchev–Trinajstić information content (AvgIpc) is 3.33. The highest BCUT2D eigenvalue weighted by atomic mass is 16.5. The Labute approximate surface area is 263 Å². The molecule has 4 N–H and O–H groups in total. The van der Waals surface area contributed by atoms with Gasteiger partial charge in [-0.05, 0) is 30.7 Å². The second-order valence-electron chi connectivity index (χ2n) is 10.2. The van der Waals surface area contributed by atoms with E-state index in [0.717, 1.165) is 12.0 Å². The van der Waals surface area contributed by atoms with Gasteiger partial charge in [-0.1, -0.05) is 6.07 Å². The maximum atomic E-state index is 12.2. The molecule has 46 heavy (non-hydrogen) atoms. The molecule has 0 fully saturated rings. The molecule has 0 aromatic carbocycles. The number of aldehydes is 1. The Morgan fingerprint density at radius 3 is 1.96 bits per heavy atom. The third kappa shape index (κ3) is 9.47. The molecule has 0 radical (unpaired) electrons. The number of ether oxygens (including phenoxy) is 1. The third-order valence-electron chi connectivity index (χ3n) is 7.13. The van der Waals surface area contributed by atoms with Crippen molar-refractivity contribution in [2.24, 2.45) is 0 Å². The molecule has 4 bridgehead atoms. The van der Waals surface area contributed by atoms with E-state index in [0.29, 0.717) is 23.4 Å². The number of rotatable bonds is 13. The normalized spacial score (nSPS) is 16.3. The summed E-state index contributed by atoms with van der Waals surface area (Å²) in [6.07, 6.45) is 2.21. The van der Waals surface area contributed by atoms with Crippen LogP contribution in [0.25, 0.3) is 0 Å². The van der Waals surface area contributed by atoms with E-state index in [1.165, 1.54) is 17.1 Å². The number of hydrogen-bond acceptors (Lipinski definition) is 12. The predicted octanol–water partition coefficient (Wildman–Crippen LogP) is 0.0669. The fourth-order valence-electron chi connectivity index (χ4n) is 5.03. The number of imide groups is 1. The van der Waals surface area contributed by atoms with E-state index < -0.39 is 48.2 Å². The van der Waals surface area contributed by atoms with Crippen molar-refractivity contribution in [1.29, 1.82) is 0 Å². The number of aromatic nitrogens is 2. The van der Waals surface area contributed by atoms with Gasteiger partial charge in [0, 0.05) is 58.4 Å². The molecule has 2 aliphatic heterocycles. The van der Waals surface area contributed by atoms with Gasteiger partial charge in [-0.3, -0.25) is 48.6 Å². The molecule has 2 atom stereocenters. The molecular formula is C30H35N5O11. The lowest BCUT2D eigenvalue weighted by molar-refractivity contribution is -0.150. The Bertz CT molecular complexity index is 1460. The molecule has 4 heterocycles. The SMILES string of the molecule is CO.O=CC[C@H](C(=O)O)N1Cc2cccc(n2)CN(C(CC(=O)O)C(=O)O)Cc2nc(ccc2OCCCN2C(=O)C=CC2=O)C1. The van der Waals surface area contributed by atoms with Gasteiger partial charge in [-0.15, -0.1) is 0 Å². The van der Waals surface area contributed by atoms with Crippen LogP contribution in [0.3, 0.4) is 0 Å². The standard InChI is InChI=1S/C29H31N5O10.CH4O/c35-11-9-22(28(40)41)32-14-18-3-1-4-19(30-18)15-33(23(29(42)43)13-27(38)39)17-21-24(6-5-20(16-32)31-21)44-12-2-10-34-25(36)7-8-26(34)37;1-2/h1,3-8,11,22-23H,2,9-10,12-17H2,(H,38,39)(H,40,41)(H,42,43);2H,1H3/t22-,23?;/m1./s1. The minimum atomic E-state index is -1.45. The van der Waals surface area contributed by atoms with Crippen LogP contribution in [-0.4, -0.2) is 113 Å². The summed E-state index contributed by atoms with van der Waals surface area (Å²) in [4.78, 5) is 84.3. The predicted molar refractivity (Wildman–Crippen MR) is 157 cm³/mol. The van der Waals surface area contributed by atoms with Crippen LogP contribution in [0.5, 0.6) is 5.75 Å². The molecule has 16 heteroatoms. The van der Waals surface area contributed by atoms with E-state index in [1.807, 2.05) is 0 Å². The molecule has 0 saturated heterocycles. The van der Waals surface area contributed by atoms with Crippen LogP contribution in [0, 0.1) is 0 Å². The van der Waals surface area contributed by atoms with Gasteiger partial charge in [-0.25, -0.2) is 0 Å². The lowest BCUT2D eigenvalue weighted by Gasteiger charge is -2.31. The topological polar surface area (TPSA) is 228 Å². The third-order valence-corrected chi connectivity index (χ3v) is 7.13. The zero-order valence-corrected chi connectivity index (χ0v) is 25.0. The minimum absolute atomic E-state index is 0.00629. The summed E-state index contributed by atoms with van der Waals surface area (Å²) in [5.41, 5.74) is 1.53. The number of aliphatic carboxylic acids is 3. The number of carboxylic acids is 3. The molecule has 4 rings (SSSR count). The molecule has 2 amide bonds. The van der Waals surface area contributed by atoms with E-state index in [4.69, 9.17) is 9.84 Å². The Morgan fingerprint density at radius 1 is 0.848 bits per heavy atom. The lowest BCUT2D eigenvalue weighted by Crippen LogP contribution is -2.43. The van der Waals surface area contributed by atoms with Crippen LogP contribution in [0.2, 0.25) is 0 Å². The summed E-state index contributed by atoms with van der Waals surface area (Å²) in [5, 5.41) is 36.3. The van der Waals surface area contributed by atoms with E-state index in [1.54, 1.807) is 35.2 Å². The van der Waals surface area contributed by atoms with Gasteiger partial charge in [0.15, 0.2) is 0 Å². The van der Waals surface area contributed by atoms with Crippen molar-refractivity contribution in [3.05, 3.63) is 65.3 Å². The van der Waals surface area contributed by atoms with Crippen LogP contribution < -0.4 is 4.74 Å². The van der Waals surface area contributed by atoms with E-state index in [9.17, 15) is 44.1 Å². The molecule has 246 valence electrons. The first-order chi connectivity index (χ1) is 22.0. The van der Waals surface area contributed by atoms with Gasteiger partial charge < -0.3 is 30.0 Å². The summed E-state index contributed by atoms with van der Waals surface area (Å²) in [7, 11) is 1.00. The van der Waals surface area contributed by atoms with Crippen LogP contribution in [0.15, 0.2) is 42.5 Å². The number of carboxylic acid groups (broad SMARTS) is 3. The average molecular weight is 642 g/mol. The first-order valence-corrected chi connectivity index (χ1v) is 14.2. The summed E-state index contributed by atoms with van der Waals surface area (Å²) in [6.45, 7) is -0.0302. The molecule has 2 aromatic rings. The maximum Gasteiger partial charge on any atom is 0.321 e. The van der Waals surface area contributed by atoms with Crippen molar-refractivity contribution in [2.45, 2.75) is 57.5 Å². The fourth-order valence-corrected chi connectivity index (χ4v) is 5.03. The molecular weight excluding hydrogens is 606 g/mol. The van der Waals surface area contributed by atoms with Crippen molar-refractivity contribution in [1.82, 2.24) is 24.7 Å². The van der Waals surface area contributed by atoms with Crippen molar-refractivity contribution >= 4 is 36.0 Å². The summed E-state index contributed by atoms with van der Waals surface area (Å²) >= 11 is 0. The number of carbonyl (C=O) groups excluding carboxylic acids is 3. The second-order valence-corrected chi connectivity index (χ2v) is 10.2. The zero-order valence-electron chi connectivity index (χ0n) is 25.0. The van der Waals surface area contributed by atoms with E-state index in [-0.39, 0.29) is 63.6 Å². The maximum absolute atomic E-state index is 12.2. The first-order valence-electron chi connectivity index (χ1n) is 14.2. The van der Waals surface area contributed by atoms with Crippen LogP contribution >= 0.6 is 0 Å². The van der Waals surface area contributed by atoms with Crippen molar-refractivity contribution < 1.29 is 53.9 Å². The molecule has 0 aliphatic carbocycles. The smallest absolute Gasteiger partial charge is 0.321 e. The number of fused-ring (bicyclic) bond motifs is 4. The summed E-state index contributed by atoms with van der Waals surface area (Å²) in [6, 6.07) is 5.58. The van der Waals surface area contributed by atoms with Gasteiger partial charge >= 0.3 is 17.9 Å². The van der Waals surface area contributed by atoms with Crippen LogP contribution in [0.1, 0.15) is 42.0 Å². The number of carbonyl (C=O) groups is 6. The number of aliphatic hydroxyl groups excluding tert-OH is 1. The van der Waals surface area contributed by atoms with Gasteiger partial charge in [0.1, 0.15) is 24.1 Å². The molecule has 16 nitrogen and oxygen atoms in total. The Kier molecular flexibility index (Phi) is 13.0. The highest BCUT2D eigenvalue weighted by molar-refractivity contribution is 6.12. The minimum Gasteiger partial charge on any atom is -0.492 e. The lowest BCUT2D eigenvalue weighted by atomic mass is 10.1. The van der Waals surface area contributed by atoms with E-state index in [2.05, 4.69) is 9.97 Å². The van der Waals surface area contributed by atoms with E-state index >= 15 is 0 Å². The van der Waals surface area contributed by atoms with Crippen molar-refractivity contribution in [3.8, 4) is 5.75 Å². The Morgan fingerprint density at radius 2 is 1.41 bits per heavy atom. The zero-order chi connectivity index (χ0) is 33.8. The van der Waals surface area contributed by atoms with Crippen molar-refractivity contribution in [2.75, 3.05) is 20.3 Å². The Hall–Kier alpha value is -5.06. The highest BCUT2D eigenvalue weighted by Gasteiger charge is 2.32. The number of nitrogens with zero attached hydrogens (tertiary/aromatic N) is 5. The van der Waals surface area contributed by atoms with Crippen LogP contribution in [0.4, 0.5) is 0 Å². The summed E-state index contributed by atoms with van der Waals surface area (Å²) in [5.74, 6) is -4.46. The molecule has 0 spiro atoms. The quantitative estimate of drug-likeness (QED) is 0.129. The highest BCUT2D eigenvalue weighted by Crippen LogP contribution is 2.25. The molecule has 0 saturated carbocycles. The number of amides is 2.